The molecule has 0 spiro atoms. The molecule has 2 aliphatic rings. The Kier molecular flexibility index (Phi) is 8.28. The number of aromatic nitrogens is 1. The lowest BCUT2D eigenvalue weighted by Gasteiger charge is -2.26. The number of nitrogens with one attached hydrogen (secondary N) is 1. The molecule has 3 rings (SSSR count). The Morgan fingerprint density at radius 3 is 2.35 bits per heavy atom. The average molecular weight is 380 g/mol. The van der Waals surface area contributed by atoms with E-state index in [4.69, 9.17) is 5.73 Å². The van der Waals surface area contributed by atoms with Gasteiger partial charge in [0, 0.05) is 18.0 Å². The van der Waals surface area contributed by atoms with Crippen LogP contribution in [0.3, 0.4) is 0 Å². The van der Waals surface area contributed by atoms with Crippen LogP contribution >= 0.6 is 36.2 Å². The lowest BCUT2D eigenvalue weighted by molar-refractivity contribution is 0.0929. The number of nitrogens with two attached hydrogens (primary N) is 1. The number of aryl methyl sites for hydroxylation is 1. The van der Waals surface area contributed by atoms with Gasteiger partial charge in [-0.3, -0.25) is 4.79 Å². The minimum absolute atomic E-state index is 0. The minimum atomic E-state index is 0. The van der Waals surface area contributed by atoms with Crippen LogP contribution in [0, 0.1) is 6.92 Å². The number of carbonyl (C=O) groups is 1. The molecule has 1 aromatic heterocycles. The molecular formula is C16H27Cl2N3OS. The van der Waals surface area contributed by atoms with E-state index in [2.05, 4.69) is 10.3 Å². The van der Waals surface area contributed by atoms with Gasteiger partial charge in [-0.2, -0.15) is 0 Å². The predicted molar refractivity (Wildman–Crippen MR) is 100 cm³/mol. The first-order valence-corrected chi connectivity index (χ1v) is 8.99. The molecule has 0 radical (unpaired) electrons. The highest BCUT2D eigenvalue weighted by molar-refractivity contribution is 7.13. The lowest BCUT2D eigenvalue weighted by Crippen LogP contribution is -2.40. The van der Waals surface area contributed by atoms with Gasteiger partial charge in [0.15, 0.2) is 0 Å². The second kappa shape index (κ2) is 9.21. The molecule has 2 saturated carbocycles. The van der Waals surface area contributed by atoms with Crippen molar-refractivity contribution in [3.8, 4) is 0 Å². The molecule has 2 fully saturated rings. The van der Waals surface area contributed by atoms with Crippen molar-refractivity contribution in [1.82, 2.24) is 10.3 Å². The third kappa shape index (κ3) is 5.05. The second-order valence-electron chi connectivity index (χ2n) is 6.53. The standard InChI is InChI=1S/C16H25N3OS.2ClH/c1-10-14(21-16(18-10)11-4-2-3-5-11)15(20)19-13-8-6-12(17)7-9-13;;/h11-13H,2-9,17H2,1H3,(H,19,20);2*1H. The molecule has 3 N–H and O–H groups in total. The monoisotopic (exact) mass is 379 g/mol. The van der Waals surface area contributed by atoms with E-state index in [1.807, 2.05) is 6.92 Å². The summed E-state index contributed by atoms with van der Waals surface area (Å²) in [5.74, 6) is 0.651. The molecule has 4 nitrogen and oxygen atoms in total. The van der Waals surface area contributed by atoms with Gasteiger partial charge in [0.25, 0.3) is 5.91 Å². The summed E-state index contributed by atoms with van der Waals surface area (Å²) in [7, 11) is 0. The van der Waals surface area contributed by atoms with Crippen LogP contribution < -0.4 is 11.1 Å². The van der Waals surface area contributed by atoms with E-state index in [9.17, 15) is 4.79 Å². The van der Waals surface area contributed by atoms with Gasteiger partial charge < -0.3 is 11.1 Å². The molecular weight excluding hydrogens is 353 g/mol. The molecule has 23 heavy (non-hydrogen) atoms. The summed E-state index contributed by atoms with van der Waals surface area (Å²) in [4.78, 5) is 17.9. The van der Waals surface area contributed by atoms with Gasteiger partial charge in [0.2, 0.25) is 0 Å². The highest BCUT2D eigenvalue weighted by Gasteiger charge is 2.26. The topological polar surface area (TPSA) is 68.0 Å². The zero-order valence-electron chi connectivity index (χ0n) is 13.5. The SMILES string of the molecule is Cc1nc(C2CCCC2)sc1C(=O)NC1CCC(N)CC1.Cl.Cl. The Morgan fingerprint density at radius 2 is 1.74 bits per heavy atom. The molecule has 1 aromatic rings. The number of halogens is 2. The van der Waals surface area contributed by atoms with Gasteiger partial charge in [-0.1, -0.05) is 12.8 Å². The van der Waals surface area contributed by atoms with Crippen LogP contribution in [0.1, 0.15) is 77.7 Å². The fraction of sp³-hybridized carbons (Fsp3) is 0.750. The van der Waals surface area contributed by atoms with Gasteiger partial charge in [-0.25, -0.2) is 4.98 Å². The van der Waals surface area contributed by atoms with Crippen molar-refractivity contribution in [3.63, 3.8) is 0 Å². The highest BCUT2D eigenvalue weighted by Crippen LogP contribution is 2.37. The quantitative estimate of drug-likeness (QED) is 0.834. The molecule has 2 aliphatic carbocycles. The van der Waals surface area contributed by atoms with Crippen molar-refractivity contribution in [2.24, 2.45) is 5.73 Å². The summed E-state index contributed by atoms with van der Waals surface area (Å²) >= 11 is 1.61. The van der Waals surface area contributed by atoms with E-state index in [1.54, 1.807) is 11.3 Å². The van der Waals surface area contributed by atoms with Crippen LogP contribution in [0.5, 0.6) is 0 Å². The highest BCUT2D eigenvalue weighted by atomic mass is 35.5. The van der Waals surface area contributed by atoms with Gasteiger partial charge in [0.1, 0.15) is 4.88 Å². The number of rotatable bonds is 3. The molecule has 0 aromatic carbocycles. The molecule has 1 amide bonds. The molecule has 0 aliphatic heterocycles. The minimum Gasteiger partial charge on any atom is -0.349 e. The van der Waals surface area contributed by atoms with Crippen LogP contribution in [0.15, 0.2) is 0 Å². The summed E-state index contributed by atoms with van der Waals surface area (Å²) in [5, 5.41) is 4.34. The van der Waals surface area contributed by atoms with E-state index in [-0.39, 0.29) is 36.8 Å². The Morgan fingerprint density at radius 1 is 1.13 bits per heavy atom. The summed E-state index contributed by atoms with van der Waals surface area (Å²) in [6.07, 6.45) is 9.09. The van der Waals surface area contributed by atoms with Crippen LogP contribution in [0.25, 0.3) is 0 Å². The summed E-state index contributed by atoms with van der Waals surface area (Å²) in [6, 6.07) is 0.603. The first-order valence-electron chi connectivity index (χ1n) is 8.17. The van der Waals surface area contributed by atoms with Gasteiger partial charge in [-0.15, -0.1) is 36.2 Å². The van der Waals surface area contributed by atoms with Gasteiger partial charge >= 0.3 is 0 Å². The first kappa shape index (κ1) is 20.7. The average Bonchev–Trinajstić information content (AvgIpc) is 3.10. The maximum atomic E-state index is 12.5. The molecule has 0 bridgehead atoms. The summed E-state index contributed by atoms with van der Waals surface area (Å²) in [5.41, 5.74) is 6.81. The second-order valence-corrected chi connectivity index (χ2v) is 7.56. The number of hydrogen-bond donors (Lipinski definition) is 2. The van der Waals surface area contributed by atoms with Crippen LogP contribution in [0.2, 0.25) is 0 Å². The zero-order valence-corrected chi connectivity index (χ0v) is 16.0. The van der Waals surface area contributed by atoms with Crippen LogP contribution in [0.4, 0.5) is 0 Å². The zero-order chi connectivity index (χ0) is 14.8. The molecule has 132 valence electrons. The third-order valence-corrected chi connectivity index (χ3v) is 6.15. The van der Waals surface area contributed by atoms with E-state index >= 15 is 0 Å². The largest absolute Gasteiger partial charge is 0.349 e. The number of amides is 1. The van der Waals surface area contributed by atoms with Crippen molar-refractivity contribution in [3.05, 3.63) is 15.6 Å². The third-order valence-electron chi connectivity index (χ3n) is 4.83. The Labute approximate surface area is 154 Å². The molecule has 0 unspecified atom stereocenters. The number of thiazole rings is 1. The van der Waals surface area contributed by atoms with Crippen LogP contribution in [-0.4, -0.2) is 23.0 Å². The van der Waals surface area contributed by atoms with Gasteiger partial charge in [0.05, 0.1) is 10.7 Å². The number of nitrogens with zero attached hydrogens (tertiary/aromatic N) is 1. The van der Waals surface area contributed by atoms with Crippen molar-refractivity contribution in [1.29, 1.82) is 0 Å². The van der Waals surface area contributed by atoms with E-state index in [0.717, 1.165) is 36.3 Å². The molecule has 1 heterocycles. The fourth-order valence-electron chi connectivity index (χ4n) is 3.49. The Balaban J connectivity index is 0.00000132. The lowest BCUT2D eigenvalue weighted by atomic mass is 9.92. The van der Waals surface area contributed by atoms with Crippen molar-refractivity contribution < 1.29 is 4.79 Å². The molecule has 7 heteroatoms. The summed E-state index contributed by atoms with van der Waals surface area (Å²) < 4.78 is 0. The molecule has 0 saturated heterocycles. The van der Waals surface area contributed by atoms with E-state index < -0.39 is 0 Å². The summed E-state index contributed by atoms with van der Waals surface area (Å²) in [6.45, 7) is 1.96. The smallest absolute Gasteiger partial charge is 0.263 e. The van der Waals surface area contributed by atoms with E-state index in [1.165, 1.54) is 30.7 Å². The molecule has 0 atom stereocenters. The number of hydrogen-bond acceptors (Lipinski definition) is 4. The first-order chi connectivity index (χ1) is 10.1. The van der Waals surface area contributed by atoms with Crippen LogP contribution in [-0.2, 0) is 0 Å². The fourth-order valence-corrected chi connectivity index (χ4v) is 4.63. The predicted octanol–water partition coefficient (Wildman–Crippen LogP) is 3.95. The van der Waals surface area contributed by atoms with Crippen molar-refractivity contribution >= 4 is 42.1 Å². The van der Waals surface area contributed by atoms with Crippen molar-refractivity contribution in [2.45, 2.75) is 76.3 Å². The maximum absolute atomic E-state index is 12.5. The van der Waals surface area contributed by atoms with E-state index in [0.29, 0.717) is 12.0 Å². The number of carbonyl (C=O) groups excluding carboxylic acids is 1. The Bertz CT molecular complexity index is 509. The normalized spacial score (nSPS) is 24.6. The van der Waals surface area contributed by atoms with Gasteiger partial charge in [-0.05, 0) is 45.4 Å². The maximum Gasteiger partial charge on any atom is 0.263 e. The Hall–Kier alpha value is -0.360. The van der Waals surface area contributed by atoms with Crippen molar-refractivity contribution in [2.75, 3.05) is 0 Å².